The van der Waals surface area contributed by atoms with E-state index in [9.17, 15) is 14.4 Å². The Kier molecular flexibility index (Phi) is 4.99. The zero-order valence-corrected chi connectivity index (χ0v) is 13.9. The number of H-pyrrole nitrogens is 1. The Morgan fingerprint density at radius 1 is 1.32 bits per heavy atom. The van der Waals surface area contributed by atoms with Gasteiger partial charge in [-0.15, -0.1) is 0 Å². The van der Waals surface area contributed by atoms with E-state index >= 15 is 0 Å². The van der Waals surface area contributed by atoms with Gasteiger partial charge in [0.05, 0.1) is 0 Å². The number of aromatic nitrogens is 2. The van der Waals surface area contributed by atoms with E-state index in [1.165, 1.54) is 12.1 Å². The number of aromatic amines is 1. The standard InChI is InChI=1S/C16H15ClN4O4/c17-11-1-3-13-10(7-11)8-21(15(23)9-25-13)6-5-18-16(24)12-2-4-14(22)20-19-12/h1-4,7H,5-6,8-9H2,(H,18,24)(H,20,22). The number of ether oxygens (including phenoxy) is 1. The number of nitrogens with zero attached hydrogens (tertiary/aromatic N) is 2. The number of halogens is 1. The number of hydrogen-bond donors (Lipinski definition) is 2. The molecule has 2 N–H and O–H groups in total. The summed E-state index contributed by atoms with van der Waals surface area (Å²) in [4.78, 5) is 36.6. The molecule has 2 amide bonds. The fraction of sp³-hybridized carbons (Fsp3) is 0.250. The number of hydrogen-bond acceptors (Lipinski definition) is 5. The van der Waals surface area contributed by atoms with E-state index in [1.807, 2.05) is 0 Å². The van der Waals surface area contributed by atoms with Crippen molar-refractivity contribution in [1.82, 2.24) is 20.4 Å². The Balaban J connectivity index is 1.60. The van der Waals surface area contributed by atoms with E-state index in [-0.39, 0.29) is 30.3 Å². The summed E-state index contributed by atoms with van der Waals surface area (Å²) in [5.41, 5.74) is 0.526. The highest BCUT2D eigenvalue weighted by Gasteiger charge is 2.21. The zero-order chi connectivity index (χ0) is 17.8. The van der Waals surface area contributed by atoms with Crippen molar-refractivity contribution in [2.45, 2.75) is 6.54 Å². The maximum atomic E-state index is 12.2. The summed E-state index contributed by atoms with van der Waals surface area (Å²) in [5, 5.41) is 9.06. The van der Waals surface area contributed by atoms with Crippen LogP contribution in [0.2, 0.25) is 5.02 Å². The number of amides is 2. The largest absolute Gasteiger partial charge is 0.483 e. The summed E-state index contributed by atoms with van der Waals surface area (Å²) in [7, 11) is 0. The molecule has 0 bridgehead atoms. The molecule has 0 unspecified atom stereocenters. The minimum Gasteiger partial charge on any atom is -0.483 e. The molecule has 1 aromatic carbocycles. The smallest absolute Gasteiger partial charge is 0.271 e. The van der Waals surface area contributed by atoms with E-state index in [0.717, 1.165) is 5.56 Å². The molecule has 0 saturated carbocycles. The average Bonchev–Trinajstić information content (AvgIpc) is 2.74. The number of carbonyl (C=O) groups is 2. The monoisotopic (exact) mass is 362 g/mol. The fourth-order valence-electron chi connectivity index (χ4n) is 2.41. The van der Waals surface area contributed by atoms with Crippen LogP contribution in [0.3, 0.4) is 0 Å². The van der Waals surface area contributed by atoms with E-state index in [2.05, 4.69) is 15.5 Å². The number of benzene rings is 1. The van der Waals surface area contributed by atoms with Crippen molar-refractivity contribution < 1.29 is 14.3 Å². The zero-order valence-electron chi connectivity index (χ0n) is 13.1. The van der Waals surface area contributed by atoms with Crippen LogP contribution in [0.5, 0.6) is 5.75 Å². The minimum absolute atomic E-state index is 0.0654. The van der Waals surface area contributed by atoms with E-state index in [0.29, 0.717) is 23.9 Å². The van der Waals surface area contributed by atoms with Crippen LogP contribution in [-0.2, 0) is 11.3 Å². The lowest BCUT2D eigenvalue weighted by Gasteiger charge is -2.20. The third kappa shape index (κ3) is 4.16. The summed E-state index contributed by atoms with van der Waals surface area (Å²) in [6, 6.07) is 7.75. The summed E-state index contributed by atoms with van der Waals surface area (Å²) in [5.74, 6) is 0.0173. The Labute approximate surface area is 147 Å². The van der Waals surface area contributed by atoms with Gasteiger partial charge in [0.1, 0.15) is 11.4 Å². The second-order valence-electron chi connectivity index (χ2n) is 5.42. The number of fused-ring (bicyclic) bond motifs is 1. The van der Waals surface area contributed by atoms with Crippen molar-refractivity contribution in [2.75, 3.05) is 19.7 Å². The van der Waals surface area contributed by atoms with Gasteiger partial charge in [0.15, 0.2) is 6.61 Å². The first kappa shape index (κ1) is 17.0. The topological polar surface area (TPSA) is 104 Å². The molecule has 0 aliphatic carbocycles. The summed E-state index contributed by atoms with van der Waals surface area (Å²) in [6.07, 6.45) is 0. The van der Waals surface area contributed by atoms with Crippen LogP contribution in [0, 0.1) is 0 Å². The van der Waals surface area contributed by atoms with Gasteiger partial charge in [-0.05, 0) is 24.3 Å². The second-order valence-corrected chi connectivity index (χ2v) is 5.85. The van der Waals surface area contributed by atoms with E-state index in [4.69, 9.17) is 16.3 Å². The van der Waals surface area contributed by atoms with Crippen LogP contribution in [0.1, 0.15) is 16.1 Å². The van der Waals surface area contributed by atoms with E-state index < -0.39 is 5.91 Å². The first-order valence-electron chi connectivity index (χ1n) is 7.56. The Hall–Kier alpha value is -2.87. The minimum atomic E-state index is -0.432. The van der Waals surface area contributed by atoms with Crippen molar-refractivity contribution >= 4 is 23.4 Å². The maximum Gasteiger partial charge on any atom is 0.271 e. The van der Waals surface area contributed by atoms with Crippen LogP contribution in [-0.4, -0.2) is 46.6 Å². The number of carbonyl (C=O) groups excluding carboxylic acids is 2. The van der Waals surface area contributed by atoms with Crippen molar-refractivity contribution in [3.63, 3.8) is 0 Å². The Bertz CT molecular complexity index is 847. The molecule has 25 heavy (non-hydrogen) atoms. The first-order valence-corrected chi connectivity index (χ1v) is 7.93. The van der Waals surface area contributed by atoms with Gasteiger partial charge in [-0.3, -0.25) is 14.4 Å². The van der Waals surface area contributed by atoms with Crippen LogP contribution in [0.25, 0.3) is 0 Å². The summed E-state index contributed by atoms with van der Waals surface area (Å²) in [6.45, 7) is 0.829. The highest BCUT2D eigenvalue weighted by molar-refractivity contribution is 6.30. The molecule has 1 aliphatic rings. The molecule has 0 radical (unpaired) electrons. The lowest BCUT2D eigenvalue weighted by atomic mass is 10.2. The lowest BCUT2D eigenvalue weighted by Crippen LogP contribution is -2.39. The fourth-order valence-corrected chi connectivity index (χ4v) is 2.60. The quantitative estimate of drug-likeness (QED) is 0.827. The van der Waals surface area contributed by atoms with Crippen molar-refractivity contribution in [3.8, 4) is 5.75 Å². The number of nitrogens with one attached hydrogen (secondary N) is 2. The molecule has 2 aromatic rings. The van der Waals surface area contributed by atoms with Crippen molar-refractivity contribution in [1.29, 1.82) is 0 Å². The van der Waals surface area contributed by atoms with E-state index in [1.54, 1.807) is 23.1 Å². The Morgan fingerprint density at radius 2 is 2.16 bits per heavy atom. The van der Waals surface area contributed by atoms with Gasteiger partial charge in [-0.1, -0.05) is 11.6 Å². The third-order valence-electron chi connectivity index (χ3n) is 3.67. The van der Waals surface area contributed by atoms with Crippen molar-refractivity contribution in [3.05, 3.63) is 57.0 Å². The van der Waals surface area contributed by atoms with Crippen LogP contribution < -0.4 is 15.6 Å². The molecule has 0 saturated heterocycles. The first-order chi connectivity index (χ1) is 12.0. The molecule has 9 heteroatoms. The van der Waals surface area contributed by atoms with Gasteiger partial charge in [-0.25, -0.2) is 5.10 Å². The predicted octanol–water partition coefficient (Wildman–Crippen LogP) is 0.574. The molecule has 0 spiro atoms. The van der Waals surface area contributed by atoms with Crippen LogP contribution in [0.4, 0.5) is 0 Å². The van der Waals surface area contributed by atoms with Gasteiger partial charge in [0, 0.05) is 36.3 Å². The molecule has 0 atom stereocenters. The molecular formula is C16H15ClN4O4. The highest BCUT2D eigenvalue weighted by Crippen LogP contribution is 2.26. The van der Waals surface area contributed by atoms with Crippen LogP contribution >= 0.6 is 11.6 Å². The van der Waals surface area contributed by atoms with Gasteiger partial charge >= 0.3 is 0 Å². The third-order valence-corrected chi connectivity index (χ3v) is 3.90. The molecule has 130 valence electrons. The van der Waals surface area contributed by atoms with Gasteiger partial charge in [-0.2, -0.15) is 5.10 Å². The van der Waals surface area contributed by atoms with Crippen LogP contribution in [0.15, 0.2) is 35.1 Å². The average molecular weight is 363 g/mol. The molecule has 2 heterocycles. The number of rotatable bonds is 4. The van der Waals surface area contributed by atoms with Crippen molar-refractivity contribution in [2.24, 2.45) is 0 Å². The maximum absolute atomic E-state index is 12.2. The SMILES string of the molecule is O=C(NCCN1Cc2cc(Cl)ccc2OCC1=O)c1ccc(=O)[nH]n1. The van der Waals surface area contributed by atoms with Gasteiger partial charge in [0.2, 0.25) is 0 Å². The molecular weight excluding hydrogens is 348 g/mol. The molecule has 1 aliphatic heterocycles. The highest BCUT2D eigenvalue weighted by atomic mass is 35.5. The predicted molar refractivity (Wildman–Crippen MR) is 89.6 cm³/mol. The summed E-state index contributed by atoms with van der Waals surface area (Å²) < 4.78 is 5.47. The molecule has 0 fully saturated rings. The molecule has 1 aromatic heterocycles. The summed E-state index contributed by atoms with van der Waals surface area (Å²) >= 11 is 5.99. The molecule has 3 rings (SSSR count). The normalized spacial score (nSPS) is 13.6. The Morgan fingerprint density at radius 3 is 2.92 bits per heavy atom. The molecule has 8 nitrogen and oxygen atoms in total. The van der Waals surface area contributed by atoms with Gasteiger partial charge in [0.25, 0.3) is 17.4 Å². The lowest BCUT2D eigenvalue weighted by molar-refractivity contribution is -0.133. The van der Waals surface area contributed by atoms with Gasteiger partial charge < -0.3 is 15.0 Å². The second kappa shape index (κ2) is 7.35.